The molecule has 0 aromatic carbocycles. The minimum absolute atomic E-state index is 0.785. The molecule has 4 saturated heterocycles. The molecule has 15 N–H and O–H groups in total. The van der Waals surface area contributed by atoms with Crippen molar-refractivity contribution in [2.24, 2.45) is 0 Å². The maximum absolute atomic E-state index is 12.9. The van der Waals surface area contributed by atoms with Gasteiger partial charge in [0.1, 0.15) is 85.4 Å². The highest BCUT2D eigenvalue weighted by molar-refractivity contribution is 5.76. The average molecular weight is 821 g/mol. The Morgan fingerprint density at radius 2 is 1.30 bits per heavy atom. The number of amides is 2. The summed E-state index contributed by atoms with van der Waals surface area (Å²) in [4.78, 5) is 37.0. The van der Waals surface area contributed by atoms with Gasteiger partial charge in [0.25, 0.3) is 5.79 Å². The van der Waals surface area contributed by atoms with Crippen molar-refractivity contribution in [3.63, 3.8) is 0 Å². The maximum atomic E-state index is 12.9. The number of carbonyl (C=O) groups is 3. The van der Waals surface area contributed by atoms with Crippen LogP contribution < -0.4 is 10.6 Å². The van der Waals surface area contributed by atoms with E-state index in [9.17, 15) is 80.8 Å². The minimum atomic E-state index is -3.12. The summed E-state index contributed by atoms with van der Waals surface area (Å²) >= 11 is 0. The normalized spacial score (nSPS) is 45.7. The first-order valence-corrected chi connectivity index (χ1v) is 17.6. The number of carboxylic acid groups (broad SMARTS) is 1. The molecule has 25 heteroatoms. The number of nitrogens with one attached hydrogen (secondary N) is 2. The van der Waals surface area contributed by atoms with Crippen molar-refractivity contribution in [2.45, 2.75) is 155 Å². The van der Waals surface area contributed by atoms with Crippen LogP contribution in [0.2, 0.25) is 0 Å². The lowest BCUT2D eigenvalue weighted by atomic mass is 9.88. The van der Waals surface area contributed by atoms with E-state index < -0.39 is 172 Å². The molecule has 1 unspecified atom stereocenters. The van der Waals surface area contributed by atoms with Crippen molar-refractivity contribution < 1.29 is 114 Å². The Hall–Kier alpha value is -2.35. The Bertz CT molecular complexity index is 1330. The Kier molecular flexibility index (Phi) is 15.8. The second-order valence-corrected chi connectivity index (χ2v) is 14.0. The summed E-state index contributed by atoms with van der Waals surface area (Å²) in [7, 11) is 0. The summed E-state index contributed by atoms with van der Waals surface area (Å²) < 4.78 is 39.7. The van der Waals surface area contributed by atoms with Crippen LogP contribution in [-0.2, 0) is 47.5 Å². The van der Waals surface area contributed by atoms with E-state index in [1.165, 1.54) is 6.92 Å². The SMILES string of the molecule is CC(=O)N[C@H]1[C@H]([C@H](O)[C@H](O)CO)O[C@@](O[C@H]2[C@@H](O)[C@@H](CO)O[C@H](O[C@H]3[C@H](O[C@@H]4O[C@@H](C)[C@H](O)[C@@H](O)[C@H]4O)[C@@H](CO)OC(O)[C@@H]3NC(C)=O)[C@@H]2O)(C(=O)O)C[C@@H]1O. The van der Waals surface area contributed by atoms with Crippen molar-refractivity contribution in [3.05, 3.63) is 0 Å². The first-order chi connectivity index (χ1) is 26.2. The van der Waals surface area contributed by atoms with E-state index in [0.29, 0.717) is 0 Å². The monoisotopic (exact) mass is 820 g/mol. The molecule has 324 valence electrons. The highest BCUT2D eigenvalue weighted by Crippen LogP contribution is 2.39. The van der Waals surface area contributed by atoms with E-state index in [2.05, 4.69) is 10.6 Å². The molecule has 4 heterocycles. The number of rotatable bonds is 14. The molecule has 0 aromatic rings. The smallest absolute Gasteiger partial charge is 0.364 e. The molecular formula is C31H52N2O23. The number of hydrogen-bond donors (Lipinski definition) is 15. The summed E-state index contributed by atoms with van der Waals surface area (Å²) in [5, 5.41) is 142. The van der Waals surface area contributed by atoms with Gasteiger partial charge in [-0.1, -0.05) is 0 Å². The fourth-order valence-corrected chi connectivity index (χ4v) is 6.99. The molecule has 2 amide bonds. The molecule has 0 saturated carbocycles. The van der Waals surface area contributed by atoms with Gasteiger partial charge >= 0.3 is 5.97 Å². The first kappa shape index (κ1) is 46.3. The number of aliphatic hydroxyl groups excluding tert-OH is 12. The van der Waals surface area contributed by atoms with Crippen LogP contribution in [0.4, 0.5) is 0 Å². The predicted molar refractivity (Wildman–Crippen MR) is 173 cm³/mol. The van der Waals surface area contributed by atoms with Crippen molar-refractivity contribution in [1.82, 2.24) is 10.6 Å². The van der Waals surface area contributed by atoms with Crippen molar-refractivity contribution in [2.75, 3.05) is 19.8 Å². The van der Waals surface area contributed by atoms with Crippen LogP contribution in [0.1, 0.15) is 27.2 Å². The van der Waals surface area contributed by atoms with Gasteiger partial charge < -0.3 is 110 Å². The first-order valence-electron chi connectivity index (χ1n) is 17.6. The second-order valence-electron chi connectivity index (χ2n) is 14.0. The molecule has 4 aliphatic heterocycles. The molecule has 4 aliphatic rings. The number of ether oxygens (including phenoxy) is 7. The van der Waals surface area contributed by atoms with E-state index >= 15 is 0 Å². The van der Waals surface area contributed by atoms with E-state index in [0.717, 1.165) is 13.8 Å². The zero-order valence-electron chi connectivity index (χ0n) is 30.3. The molecule has 21 atom stereocenters. The van der Waals surface area contributed by atoms with E-state index in [1.54, 1.807) is 0 Å². The third kappa shape index (κ3) is 9.74. The predicted octanol–water partition coefficient (Wildman–Crippen LogP) is -9.23. The quantitative estimate of drug-likeness (QED) is 0.0773. The lowest BCUT2D eigenvalue weighted by Crippen LogP contribution is -2.71. The number of carboxylic acids is 1. The van der Waals surface area contributed by atoms with E-state index in [-0.39, 0.29) is 0 Å². The van der Waals surface area contributed by atoms with Gasteiger partial charge in [0, 0.05) is 20.3 Å². The summed E-state index contributed by atoms with van der Waals surface area (Å²) in [6, 6.07) is -3.27. The molecule has 0 aliphatic carbocycles. The molecule has 4 rings (SSSR count). The van der Waals surface area contributed by atoms with Gasteiger partial charge in [-0.05, 0) is 6.92 Å². The number of carbonyl (C=O) groups excluding carboxylic acids is 2. The molecule has 0 spiro atoms. The van der Waals surface area contributed by atoms with Gasteiger partial charge in [-0.2, -0.15) is 0 Å². The molecule has 0 bridgehead atoms. The Labute approximate surface area is 317 Å². The summed E-state index contributed by atoms with van der Waals surface area (Å²) in [5.41, 5.74) is 0. The lowest BCUT2D eigenvalue weighted by molar-refractivity contribution is -0.389. The van der Waals surface area contributed by atoms with Crippen LogP contribution in [0.15, 0.2) is 0 Å². The van der Waals surface area contributed by atoms with Crippen LogP contribution in [-0.4, -0.2) is 232 Å². The standard InChI is InChI=1S/C31H52N2O23/c1-8-17(41)20(44)21(45)28(50-8)53-23-14(7-36)51-27(47)16(33-10(3)38)25(23)54-29-22(46)26(19(43)13(6-35)52-29)56-31(30(48)49)4-11(39)15(32-9(2)37)24(55-31)18(42)12(40)5-34/h8,11-29,34-36,39-47H,4-7H2,1-3H3,(H,32,37)(H,33,38)(H,48,49)/t8-,11-,12+,13+,14+,15+,16+,17-,18+,19-,20+,21+,22+,23+,24+,25+,26-,27?,28-,29+,31-/m0/s1. The molecule has 25 nitrogen and oxygen atoms in total. The number of hydrogen-bond acceptors (Lipinski definition) is 22. The van der Waals surface area contributed by atoms with Gasteiger partial charge in [0.05, 0.1) is 38.1 Å². The fraction of sp³-hybridized carbons (Fsp3) is 0.903. The third-order valence-corrected chi connectivity index (χ3v) is 9.94. The van der Waals surface area contributed by atoms with Gasteiger partial charge in [0.15, 0.2) is 18.9 Å². The van der Waals surface area contributed by atoms with Crippen LogP contribution in [0.25, 0.3) is 0 Å². The maximum Gasteiger partial charge on any atom is 0.364 e. The summed E-state index contributed by atoms with van der Waals surface area (Å²) in [5.74, 6) is -6.72. The zero-order valence-corrected chi connectivity index (χ0v) is 30.3. The van der Waals surface area contributed by atoms with E-state index in [4.69, 9.17) is 33.2 Å². The fourth-order valence-electron chi connectivity index (χ4n) is 6.99. The van der Waals surface area contributed by atoms with Gasteiger partial charge in [-0.25, -0.2) is 4.79 Å². The zero-order chi connectivity index (χ0) is 42.0. The van der Waals surface area contributed by atoms with Crippen LogP contribution in [0, 0.1) is 0 Å². The second kappa shape index (κ2) is 19.1. The average Bonchev–Trinajstić information content (AvgIpc) is 3.14. The highest BCUT2D eigenvalue weighted by Gasteiger charge is 2.60. The molecular weight excluding hydrogens is 768 g/mol. The summed E-state index contributed by atoms with van der Waals surface area (Å²) in [6.07, 6.45) is -35.2. The van der Waals surface area contributed by atoms with Crippen LogP contribution in [0.5, 0.6) is 0 Å². The van der Waals surface area contributed by atoms with Crippen LogP contribution >= 0.6 is 0 Å². The van der Waals surface area contributed by atoms with Gasteiger partial charge in [-0.15, -0.1) is 0 Å². The van der Waals surface area contributed by atoms with Crippen molar-refractivity contribution >= 4 is 17.8 Å². The number of aliphatic hydroxyl groups is 12. The number of aliphatic carboxylic acids is 1. The van der Waals surface area contributed by atoms with E-state index in [1.807, 2.05) is 0 Å². The van der Waals surface area contributed by atoms with Crippen molar-refractivity contribution in [1.29, 1.82) is 0 Å². The van der Waals surface area contributed by atoms with Crippen molar-refractivity contribution in [3.8, 4) is 0 Å². The van der Waals surface area contributed by atoms with Gasteiger partial charge in [0.2, 0.25) is 11.8 Å². The topological polar surface area (TPSA) is 403 Å². The highest BCUT2D eigenvalue weighted by atomic mass is 16.8. The molecule has 0 radical (unpaired) electrons. The molecule has 56 heavy (non-hydrogen) atoms. The van der Waals surface area contributed by atoms with Gasteiger partial charge in [-0.3, -0.25) is 9.59 Å². The molecule has 0 aromatic heterocycles. The van der Waals surface area contributed by atoms with Crippen LogP contribution in [0.3, 0.4) is 0 Å². The Morgan fingerprint density at radius 3 is 1.86 bits per heavy atom. The lowest BCUT2D eigenvalue weighted by Gasteiger charge is -2.51. The summed E-state index contributed by atoms with van der Waals surface area (Å²) in [6.45, 7) is 0.296. The third-order valence-electron chi connectivity index (χ3n) is 9.94. The largest absolute Gasteiger partial charge is 0.477 e. The Balaban J connectivity index is 1.72. The molecule has 4 fully saturated rings. The minimum Gasteiger partial charge on any atom is -0.477 e. The Morgan fingerprint density at radius 1 is 0.732 bits per heavy atom.